The number of ether oxygens (including phenoxy) is 1. The third kappa shape index (κ3) is 5.85. The summed E-state index contributed by atoms with van der Waals surface area (Å²) in [5.41, 5.74) is 3.69. The number of nitrogens with one attached hydrogen (secondary N) is 1. The molecule has 2 aliphatic rings. The summed E-state index contributed by atoms with van der Waals surface area (Å²) >= 11 is 0. The Morgan fingerprint density at radius 1 is 1.00 bits per heavy atom. The predicted molar refractivity (Wildman–Crippen MR) is 133 cm³/mol. The van der Waals surface area contributed by atoms with E-state index in [9.17, 15) is 4.79 Å². The number of benzene rings is 2. The van der Waals surface area contributed by atoms with Crippen LogP contribution in [0.3, 0.4) is 0 Å². The number of aliphatic imine (C=N–C) groups is 1. The van der Waals surface area contributed by atoms with E-state index in [1.54, 1.807) is 7.05 Å². The lowest BCUT2D eigenvalue weighted by Gasteiger charge is -2.37. The topological polar surface area (TPSA) is 60.4 Å². The molecule has 4 rings (SSSR count). The number of rotatable bonds is 5. The minimum Gasteiger partial charge on any atom is -0.370 e. The van der Waals surface area contributed by atoms with Crippen molar-refractivity contribution in [2.24, 2.45) is 4.99 Å². The summed E-state index contributed by atoms with van der Waals surface area (Å²) in [5.74, 6) is 1.03. The van der Waals surface area contributed by atoms with E-state index in [-0.39, 0.29) is 12.0 Å². The molecule has 2 fully saturated rings. The third-order valence-electron chi connectivity index (χ3n) is 6.49. The van der Waals surface area contributed by atoms with Gasteiger partial charge in [-0.3, -0.25) is 9.79 Å². The standard InChI is InChI=1S/C26H35N5O2/c1-21-8-6-7-11-23(21)24-20-31(18-19-33-24)26(27-2)28-13-12-25(32)30-16-14-29(15-17-30)22-9-4-3-5-10-22/h3-11,24H,12-20H2,1-2H3,(H,27,28). The van der Waals surface area contributed by atoms with Crippen molar-refractivity contribution in [3.05, 3.63) is 65.7 Å². The predicted octanol–water partition coefficient (Wildman–Crippen LogP) is 2.68. The number of guanidine groups is 1. The summed E-state index contributed by atoms with van der Waals surface area (Å²) in [6.45, 7) is 8.18. The molecular formula is C26H35N5O2. The van der Waals surface area contributed by atoms with Crippen LogP contribution >= 0.6 is 0 Å². The SMILES string of the molecule is CN=C(NCCC(=O)N1CCN(c2ccccc2)CC1)N1CCOC(c2ccccc2C)C1. The number of piperazine rings is 1. The average Bonchev–Trinajstić information content (AvgIpc) is 2.87. The summed E-state index contributed by atoms with van der Waals surface area (Å²) in [7, 11) is 1.80. The molecule has 0 aliphatic carbocycles. The summed E-state index contributed by atoms with van der Waals surface area (Å²) in [5, 5.41) is 3.39. The Hall–Kier alpha value is -3.06. The van der Waals surface area contributed by atoms with Gasteiger partial charge in [0.25, 0.3) is 0 Å². The zero-order valence-corrected chi connectivity index (χ0v) is 19.7. The van der Waals surface area contributed by atoms with Crippen LogP contribution in [-0.2, 0) is 9.53 Å². The van der Waals surface area contributed by atoms with Crippen LogP contribution in [0.1, 0.15) is 23.7 Å². The van der Waals surface area contributed by atoms with E-state index >= 15 is 0 Å². The normalized spacial score (nSPS) is 19.5. The fourth-order valence-corrected chi connectivity index (χ4v) is 4.60. The molecule has 2 aliphatic heterocycles. The molecule has 0 spiro atoms. The van der Waals surface area contributed by atoms with Gasteiger partial charge in [0.2, 0.25) is 5.91 Å². The van der Waals surface area contributed by atoms with Gasteiger partial charge < -0.3 is 24.8 Å². The highest BCUT2D eigenvalue weighted by Gasteiger charge is 2.25. The lowest BCUT2D eigenvalue weighted by molar-refractivity contribution is -0.131. The van der Waals surface area contributed by atoms with Crippen molar-refractivity contribution in [3.63, 3.8) is 0 Å². The van der Waals surface area contributed by atoms with Crippen LogP contribution in [0.25, 0.3) is 0 Å². The number of carbonyl (C=O) groups is 1. The number of nitrogens with zero attached hydrogens (tertiary/aromatic N) is 4. The van der Waals surface area contributed by atoms with Gasteiger partial charge in [-0.05, 0) is 30.2 Å². The van der Waals surface area contributed by atoms with Gasteiger partial charge in [0, 0.05) is 58.4 Å². The van der Waals surface area contributed by atoms with Crippen molar-refractivity contribution in [3.8, 4) is 0 Å². The second-order valence-electron chi connectivity index (χ2n) is 8.59. The van der Waals surface area contributed by atoms with Crippen molar-refractivity contribution in [2.45, 2.75) is 19.4 Å². The van der Waals surface area contributed by atoms with E-state index in [1.807, 2.05) is 11.0 Å². The first kappa shape index (κ1) is 23.1. The number of para-hydroxylation sites is 1. The molecule has 2 aromatic carbocycles. The first-order chi connectivity index (χ1) is 16.2. The maximum atomic E-state index is 12.8. The highest BCUT2D eigenvalue weighted by atomic mass is 16.5. The highest BCUT2D eigenvalue weighted by Crippen LogP contribution is 2.25. The first-order valence-electron chi connectivity index (χ1n) is 11.9. The van der Waals surface area contributed by atoms with Crippen LogP contribution in [0.4, 0.5) is 5.69 Å². The second-order valence-corrected chi connectivity index (χ2v) is 8.59. The van der Waals surface area contributed by atoms with E-state index in [4.69, 9.17) is 4.74 Å². The van der Waals surface area contributed by atoms with E-state index in [0.717, 1.165) is 45.2 Å². The Morgan fingerprint density at radius 2 is 1.73 bits per heavy atom. The minimum atomic E-state index is 0.0287. The molecule has 1 amide bonds. The van der Waals surface area contributed by atoms with E-state index in [2.05, 4.69) is 75.6 Å². The third-order valence-corrected chi connectivity index (χ3v) is 6.49. The van der Waals surface area contributed by atoms with Gasteiger partial charge in [-0.15, -0.1) is 0 Å². The molecule has 1 atom stereocenters. The van der Waals surface area contributed by atoms with Crippen molar-refractivity contribution >= 4 is 17.6 Å². The molecule has 0 bridgehead atoms. The minimum absolute atomic E-state index is 0.0287. The van der Waals surface area contributed by atoms with E-state index < -0.39 is 0 Å². The molecule has 2 heterocycles. The molecule has 176 valence electrons. The lowest BCUT2D eigenvalue weighted by Crippen LogP contribution is -2.50. The first-order valence-corrected chi connectivity index (χ1v) is 11.9. The fraction of sp³-hybridized carbons (Fsp3) is 0.462. The number of morpholine rings is 1. The highest BCUT2D eigenvalue weighted by molar-refractivity contribution is 5.81. The van der Waals surface area contributed by atoms with Crippen LogP contribution < -0.4 is 10.2 Å². The maximum absolute atomic E-state index is 12.8. The van der Waals surface area contributed by atoms with Gasteiger partial charge >= 0.3 is 0 Å². The number of carbonyl (C=O) groups excluding carboxylic acids is 1. The number of amides is 1. The Kier molecular flexibility index (Phi) is 7.83. The molecule has 0 saturated carbocycles. The number of hydrogen-bond acceptors (Lipinski definition) is 4. The summed E-state index contributed by atoms with van der Waals surface area (Å²) in [6, 6.07) is 18.8. The molecule has 7 heteroatoms. The molecule has 33 heavy (non-hydrogen) atoms. The smallest absolute Gasteiger partial charge is 0.224 e. The molecule has 1 N–H and O–H groups in total. The molecule has 0 radical (unpaired) electrons. The van der Waals surface area contributed by atoms with Crippen molar-refractivity contribution in [1.82, 2.24) is 15.1 Å². The zero-order chi connectivity index (χ0) is 23.0. The summed E-state index contributed by atoms with van der Waals surface area (Å²) in [6.07, 6.45) is 0.497. The van der Waals surface area contributed by atoms with Gasteiger partial charge in [0.05, 0.1) is 13.2 Å². The van der Waals surface area contributed by atoms with Gasteiger partial charge in [-0.2, -0.15) is 0 Å². The van der Waals surface area contributed by atoms with E-state index in [0.29, 0.717) is 19.6 Å². The van der Waals surface area contributed by atoms with E-state index in [1.165, 1.54) is 16.8 Å². The Balaban J connectivity index is 1.23. The summed E-state index contributed by atoms with van der Waals surface area (Å²) < 4.78 is 6.04. The van der Waals surface area contributed by atoms with Crippen LogP contribution in [-0.4, -0.2) is 81.1 Å². The van der Waals surface area contributed by atoms with Crippen LogP contribution in [0.2, 0.25) is 0 Å². The Morgan fingerprint density at radius 3 is 2.45 bits per heavy atom. The van der Waals surface area contributed by atoms with Gasteiger partial charge in [-0.1, -0.05) is 42.5 Å². The molecular weight excluding hydrogens is 414 g/mol. The number of aryl methyl sites for hydroxylation is 1. The average molecular weight is 450 g/mol. The van der Waals surface area contributed by atoms with Crippen molar-refractivity contribution in [1.29, 1.82) is 0 Å². The summed E-state index contributed by atoms with van der Waals surface area (Å²) in [4.78, 5) is 23.8. The quantitative estimate of drug-likeness (QED) is 0.562. The maximum Gasteiger partial charge on any atom is 0.224 e. The zero-order valence-electron chi connectivity index (χ0n) is 19.7. The van der Waals surface area contributed by atoms with Crippen molar-refractivity contribution in [2.75, 3.05) is 64.4 Å². The van der Waals surface area contributed by atoms with Gasteiger partial charge in [0.1, 0.15) is 6.10 Å². The monoisotopic (exact) mass is 449 g/mol. The van der Waals surface area contributed by atoms with Crippen LogP contribution in [0.5, 0.6) is 0 Å². The van der Waals surface area contributed by atoms with Gasteiger partial charge in [-0.25, -0.2) is 0 Å². The number of hydrogen-bond donors (Lipinski definition) is 1. The fourth-order valence-electron chi connectivity index (χ4n) is 4.60. The van der Waals surface area contributed by atoms with Crippen LogP contribution in [0.15, 0.2) is 59.6 Å². The molecule has 0 aromatic heterocycles. The van der Waals surface area contributed by atoms with Crippen LogP contribution in [0, 0.1) is 6.92 Å². The van der Waals surface area contributed by atoms with Crippen molar-refractivity contribution < 1.29 is 9.53 Å². The Bertz CT molecular complexity index is 941. The second kappa shape index (κ2) is 11.2. The molecule has 7 nitrogen and oxygen atoms in total. The lowest BCUT2D eigenvalue weighted by atomic mass is 10.0. The molecule has 2 saturated heterocycles. The largest absolute Gasteiger partial charge is 0.370 e. The number of anilines is 1. The Labute approximate surface area is 197 Å². The molecule has 1 unspecified atom stereocenters. The van der Waals surface area contributed by atoms with Gasteiger partial charge in [0.15, 0.2) is 5.96 Å². The molecule has 2 aromatic rings.